The van der Waals surface area contributed by atoms with Gasteiger partial charge in [-0.25, -0.2) is 15.0 Å². The van der Waals surface area contributed by atoms with E-state index < -0.39 is 0 Å². The molecule has 0 atom stereocenters. The molecule has 13 aromatic rings. The topological polar surface area (TPSA) is 69.9 Å². The standard InChI is InChI=1S/C69H58N4O2/c1-67(2,3)46-30-33-57-54(38-46)55-39-47(68(4,5)6)40-56(69(7,8)9)63(55)73(57)62-52(41-20-12-10-13-21-41)34-45(35-53(62)42-22-14-11-15-23-42)66-71-64(43-28-31-50-48-24-16-18-26-58(48)74-60(50)36-43)70-65(72-66)44-29-32-51-49-25-17-19-27-59(49)75-61(51)37-44/h10-40H,1-9H3. The van der Waals surface area contributed by atoms with Gasteiger partial charge in [0.15, 0.2) is 17.5 Å². The monoisotopic (exact) mass is 974 g/mol. The van der Waals surface area contributed by atoms with Crippen LogP contribution in [0.1, 0.15) is 79.0 Å². The van der Waals surface area contributed by atoms with Gasteiger partial charge in [-0.2, -0.15) is 0 Å². The molecular formula is C69H58N4O2. The normalized spacial score (nSPS) is 12.6. The highest BCUT2D eigenvalue weighted by atomic mass is 16.3. The Morgan fingerprint density at radius 1 is 0.333 bits per heavy atom. The highest BCUT2D eigenvalue weighted by Crippen LogP contribution is 2.48. The average Bonchev–Trinajstić information content (AvgIpc) is 4.12. The second kappa shape index (κ2) is 17.0. The molecule has 0 radical (unpaired) electrons. The van der Waals surface area contributed by atoms with Crippen molar-refractivity contribution in [3.8, 4) is 62.1 Å². The van der Waals surface area contributed by atoms with Crippen molar-refractivity contribution in [1.29, 1.82) is 0 Å². The van der Waals surface area contributed by atoms with Crippen molar-refractivity contribution in [1.82, 2.24) is 19.5 Å². The van der Waals surface area contributed by atoms with Gasteiger partial charge in [-0.3, -0.25) is 0 Å². The van der Waals surface area contributed by atoms with Crippen LogP contribution in [0.2, 0.25) is 0 Å². The van der Waals surface area contributed by atoms with Crippen LogP contribution in [-0.2, 0) is 16.2 Å². The zero-order chi connectivity index (χ0) is 51.5. The van der Waals surface area contributed by atoms with E-state index in [9.17, 15) is 0 Å². The molecule has 0 aliphatic rings. The van der Waals surface area contributed by atoms with Gasteiger partial charge < -0.3 is 13.4 Å². The summed E-state index contributed by atoms with van der Waals surface area (Å²) in [6, 6.07) is 67.1. The lowest BCUT2D eigenvalue weighted by atomic mass is 9.79. The van der Waals surface area contributed by atoms with Crippen LogP contribution in [-0.4, -0.2) is 19.5 Å². The molecule has 0 N–H and O–H groups in total. The van der Waals surface area contributed by atoms with E-state index in [4.69, 9.17) is 23.8 Å². The molecule has 75 heavy (non-hydrogen) atoms. The van der Waals surface area contributed by atoms with Gasteiger partial charge >= 0.3 is 0 Å². The Morgan fingerprint density at radius 2 is 0.787 bits per heavy atom. The van der Waals surface area contributed by atoms with Crippen LogP contribution in [0.15, 0.2) is 197 Å². The third-order valence-electron chi connectivity index (χ3n) is 15.1. The fraction of sp³-hybridized carbons (Fsp3) is 0.174. The molecule has 0 saturated carbocycles. The zero-order valence-corrected chi connectivity index (χ0v) is 44.0. The molecule has 0 amide bonds. The van der Waals surface area contributed by atoms with Gasteiger partial charge in [0, 0.05) is 60.1 Å². The molecule has 6 heteroatoms. The molecule has 0 aliphatic carbocycles. The molecule has 366 valence electrons. The van der Waals surface area contributed by atoms with E-state index in [0.717, 1.165) is 94.0 Å². The van der Waals surface area contributed by atoms with Crippen LogP contribution in [0.25, 0.3) is 128 Å². The third kappa shape index (κ3) is 7.90. The molecule has 4 heterocycles. The minimum absolute atomic E-state index is 0.0545. The Morgan fingerprint density at radius 3 is 1.28 bits per heavy atom. The number of aromatic nitrogens is 4. The number of benzene rings is 9. The second-order valence-corrected chi connectivity index (χ2v) is 23.3. The van der Waals surface area contributed by atoms with Crippen molar-refractivity contribution in [3.63, 3.8) is 0 Å². The Bertz CT molecular complexity index is 4210. The average molecular weight is 975 g/mol. The molecule has 6 nitrogen and oxygen atoms in total. The first kappa shape index (κ1) is 46.2. The van der Waals surface area contributed by atoms with Gasteiger partial charge in [-0.15, -0.1) is 0 Å². The van der Waals surface area contributed by atoms with Gasteiger partial charge in [0.05, 0.1) is 16.7 Å². The minimum Gasteiger partial charge on any atom is -0.456 e. The summed E-state index contributed by atoms with van der Waals surface area (Å²) in [5.41, 5.74) is 17.1. The number of fused-ring (bicyclic) bond motifs is 9. The van der Waals surface area contributed by atoms with E-state index in [2.05, 4.69) is 219 Å². The van der Waals surface area contributed by atoms with Crippen LogP contribution in [0.4, 0.5) is 0 Å². The largest absolute Gasteiger partial charge is 0.456 e. The van der Waals surface area contributed by atoms with Gasteiger partial charge in [0.25, 0.3) is 0 Å². The second-order valence-electron chi connectivity index (χ2n) is 23.3. The zero-order valence-electron chi connectivity index (χ0n) is 44.0. The summed E-state index contributed by atoms with van der Waals surface area (Å²) in [5.74, 6) is 1.62. The van der Waals surface area contributed by atoms with Crippen molar-refractivity contribution in [2.45, 2.75) is 78.6 Å². The maximum absolute atomic E-state index is 6.45. The molecule has 0 spiro atoms. The fourth-order valence-corrected chi connectivity index (χ4v) is 11.0. The molecule has 0 aliphatic heterocycles. The molecule has 9 aromatic carbocycles. The van der Waals surface area contributed by atoms with Gasteiger partial charge in [0.2, 0.25) is 0 Å². The maximum atomic E-state index is 6.45. The molecule has 0 bridgehead atoms. The van der Waals surface area contributed by atoms with Crippen molar-refractivity contribution in [3.05, 3.63) is 205 Å². The van der Waals surface area contributed by atoms with Crippen LogP contribution in [0.5, 0.6) is 0 Å². The maximum Gasteiger partial charge on any atom is 0.164 e. The summed E-state index contributed by atoms with van der Waals surface area (Å²) in [7, 11) is 0. The lowest BCUT2D eigenvalue weighted by Crippen LogP contribution is -2.18. The van der Waals surface area contributed by atoms with Crippen LogP contribution >= 0.6 is 0 Å². The highest BCUT2D eigenvalue weighted by molar-refractivity contribution is 6.13. The highest BCUT2D eigenvalue weighted by Gasteiger charge is 2.30. The van der Waals surface area contributed by atoms with E-state index in [0.29, 0.717) is 17.5 Å². The van der Waals surface area contributed by atoms with Crippen molar-refractivity contribution in [2.75, 3.05) is 0 Å². The molecule has 0 unspecified atom stereocenters. The van der Waals surface area contributed by atoms with Gasteiger partial charge in [0.1, 0.15) is 22.3 Å². The Kier molecular flexibility index (Phi) is 10.5. The lowest BCUT2D eigenvalue weighted by Gasteiger charge is -2.28. The first-order valence-corrected chi connectivity index (χ1v) is 26.1. The Labute approximate surface area is 437 Å². The van der Waals surface area contributed by atoms with E-state index in [-0.39, 0.29) is 16.2 Å². The van der Waals surface area contributed by atoms with E-state index in [1.807, 2.05) is 36.4 Å². The quantitative estimate of drug-likeness (QED) is 0.166. The van der Waals surface area contributed by atoms with Crippen LogP contribution < -0.4 is 0 Å². The van der Waals surface area contributed by atoms with Crippen molar-refractivity contribution >= 4 is 65.7 Å². The number of rotatable bonds is 6. The fourth-order valence-electron chi connectivity index (χ4n) is 11.0. The van der Waals surface area contributed by atoms with E-state index >= 15 is 0 Å². The number of hydrogen-bond acceptors (Lipinski definition) is 5. The van der Waals surface area contributed by atoms with Crippen molar-refractivity contribution < 1.29 is 8.83 Å². The summed E-state index contributed by atoms with van der Waals surface area (Å²) in [6.07, 6.45) is 0. The predicted octanol–water partition coefficient (Wildman–Crippen LogP) is 19.0. The summed E-state index contributed by atoms with van der Waals surface area (Å²) in [6.45, 7) is 20.9. The molecule has 4 aromatic heterocycles. The number of furan rings is 2. The van der Waals surface area contributed by atoms with E-state index in [1.165, 1.54) is 33.0 Å². The van der Waals surface area contributed by atoms with E-state index in [1.54, 1.807) is 0 Å². The first-order valence-electron chi connectivity index (χ1n) is 26.1. The lowest BCUT2D eigenvalue weighted by molar-refractivity contribution is 0.572. The van der Waals surface area contributed by atoms with Crippen LogP contribution in [0, 0.1) is 0 Å². The van der Waals surface area contributed by atoms with Gasteiger partial charge in [-0.05, 0) is 111 Å². The number of nitrogens with zero attached hydrogens (tertiary/aromatic N) is 4. The number of hydrogen-bond donors (Lipinski definition) is 0. The summed E-state index contributed by atoms with van der Waals surface area (Å²) >= 11 is 0. The molecule has 0 fully saturated rings. The molecule has 13 rings (SSSR count). The first-order chi connectivity index (χ1) is 36.0. The Hall–Kier alpha value is -8.61. The van der Waals surface area contributed by atoms with Gasteiger partial charge in [-0.1, -0.05) is 184 Å². The molecule has 0 saturated heterocycles. The Balaban J connectivity index is 1.13. The summed E-state index contributed by atoms with van der Waals surface area (Å²) < 4.78 is 15.5. The predicted molar refractivity (Wildman–Crippen MR) is 312 cm³/mol. The summed E-state index contributed by atoms with van der Waals surface area (Å²) in [5, 5.41) is 6.71. The van der Waals surface area contributed by atoms with Crippen LogP contribution in [0.3, 0.4) is 0 Å². The van der Waals surface area contributed by atoms with Crippen molar-refractivity contribution in [2.24, 2.45) is 0 Å². The minimum atomic E-state index is -0.202. The summed E-state index contributed by atoms with van der Waals surface area (Å²) in [4.78, 5) is 16.2. The molecular weight excluding hydrogens is 917 g/mol. The third-order valence-corrected chi connectivity index (χ3v) is 15.1. The number of para-hydroxylation sites is 2. The smallest absolute Gasteiger partial charge is 0.164 e. The SMILES string of the molecule is CC(C)(C)c1ccc2c(c1)c1cc(C(C)(C)C)cc(C(C)(C)C)c1n2-c1c(-c2ccccc2)cc(-c2nc(-c3ccc4c(c3)oc3ccccc34)nc(-c3ccc4c(c3)oc3ccccc34)n2)cc1-c1ccccc1.